The summed E-state index contributed by atoms with van der Waals surface area (Å²) in [6, 6.07) is 8.73. The van der Waals surface area contributed by atoms with Crippen molar-refractivity contribution in [3.63, 3.8) is 0 Å². The van der Waals surface area contributed by atoms with Crippen LogP contribution in [0.15, 0.2) is 36.5 Å². The summed E-state index contributed by atoms with van der Waals surface area (Å²) in [6.45, 7) is 6.71. The Balaban J connectivity index is 1.49. The number of halogens is 1. The molecule has 2 saturated heterocycles. The summed E-state index contributed by atoms with van der Waals surface area (Å²) in [4.78, 5) is 16.2. The first-order chi connectivity index (χ1) is 17.9. The van der Waals surface area contributed by atoms with Gasteiger partial charge in [-0.2, -0.15) is 9.97 Å². The molecule has 0 atom stereocenters. The first-order valence-corrected chi connectivity index (χ1v) is 12.9. The van der Waals surface area contributed by atoms with Gasteiger partial charge in [-0.15, -0.1) is 6.42 Å². The Morgan fingerprint density at radius 2 is 1.97 bits per heavy atom. The van der Waals surface area contributed by atoms with Gasteiger partial charge in [-0.1, -0.05) is 31.9 Å². The Labute approximate surface area is 215 Å². The average molecular weight is 497 g/mol. The van der Waals surface area contributed by atoms with E-state index in [2.05, 4.69) is 25.8 Å². The fourth-order valence-electron chi connectivity index (χ4n) is 6.13. The SMILES string of the molecule is C#Cc1cccc2cc(O)cc(-c3ncc4c(C(C)C)nc(OCC56CCCN5CCC6)nc4c3F)c12. The van der Waals surface area contributed by atoms with Crippen molar-refractivity contribution < 1.29 is 14.2 Å². The van der Waals surface area contributed by atoms with Crippen molar-refractivity contribution >= 4 is 21.7 Å². The van der Waals surface area contributed by atoms with Crippen LogP contribution in [0, 0.1) is 18.2 Å². The van der Waals surface area contributed by atoms with E-state index in [0.29, 0.717) is 39.6 Å². The number of pyridine rings is 1. The van der Waals surface area contributed by atoms with Crippen LogP contribution in [0.1, 0.15) is 56.7 Å². The van der Waals surface area contributed by atoms with Crippen molar-refractivity contribution in [3.8, 4) is 35.4 Å². The molecule has 2 aliphatic rings. The second-order valence-corrected chi connectivity index (χ2v) is 10.5. The second-order valence-electron chi connectivity index (χ2n) is 10.5. The van der Waals surface area contributed by atoms with Crippen LogP contribution in [0.2, 0.25) is 0 Å². The number of hydrogen-bond donors (Lipinski definition) is 1. The van der Waals surface area contributed by atoms with E-state index < -0.39 is 5.82 Å². The molecule has 0 saturated carbocycles. The molecule has 4 heterocycles. The molecule has 0 amide bonds. The Kier molecular flexibility index (Phi) is 5.73. The lowest BCUT2D eigenvalue weighted by Crippen LogP contribution is -2.43. The molecule has 7 heteroatoms. The van der Waals surface area contributed by atoms with E-state index >= 15 is 4.39 Å². The summed E-state index contributed by atoms with van der Waals surface area (Å²) < 4.78 is 22.5. The lowest BCUT2D eigenvalue weighted by atomic mass is 9.95. The number of hydrogen-bond acceptors (Lipinski definition) is 6. The number of phenolic OH excluding ortho intramolecular Hbond substituents is 1. The third-order valence-corrected chi connectivity index (χ3v) is 7.89. The van der Waals surface area contributed by atoms with Crippen molar-refractivity contribution in [1.82, 2.24) is 19.9 Å². The Hall–Kier alpha value is -3.76. The fourth-order valence-corrected chi connectivity index (χ4v) is 6.13. The molecule has 0 bridgehead atoms. The molecule has 2 fully saturated rings. The van der Waals surface area contributed by atoms with Crippen LogP contribution in [0.25, 0.3) is 32.9 Å². The predicted molar refractivity (Wildman–Crippen MR) is 142 cm³/mol. The van der Waals surface area contributed by atoms with Gasteiger partial charge in [0.2, 0.25) is 0 Å². The Morgan fingerprint density at radius 1 is 1.19 bits per heavy atom. The number of terminal acetylenes is 1. The maximum Gasteiger partial charge on any atom is 0.317 e. The van der Waals surface area contributed by atoms with Crippen LogP contribution < -0.4 is 4.74 Å². The molecule has 0 aliphatic carbocycles. The van der Waals surface area contributed by atoms with E-state index in [1.807, 2.05) is 26.0 Å². The monoisotopic (exact) mass is 496 g/mol. The van der Waals surface area contributed by atoms with Crippen molar-refractivity contribution in [2.24, 2.45) is 0 Å². The quantitative estimate of drug-likeness (QED) is 0.352. The molecule has 1 N–H and O–H groups in total. The van der Waals surface area contributed by atoms with Gasteiger partial charge in [-0.3, -0.25) is 9.88 Å². The largest absolute Gasteiger partial charge is 0.508 e. The number of rotatable bonds is 5. The minimum absolute atomic E-state index is 0.00415. The van der Waals surface area contributed by atoms with Gasteiger partial charge in [0.15, 0.2) is 5.82 Å². The molecule has 37 heavy (non-hydrogen) atoms. The lowest BCUT2D eigenvalue weighted by molar-refractivity contribution is 0.107. The number of fused-ring (bicyclic) bond motifs is 3. The second kappa shape index (κ2) is 8.97. The minimum atomic E-state index is -0.591. The molecule has 2 aromatic carbocycles. The van der Waals surface area contributed by atoms with Crippen molar-refractivity contribution in [2.75, 3.05) is 19.7 Å². The van der Waals surface area contributed by atoms with E-state index in [4.69, 9.17) is 11.2 Å². The first-order valence-electron chi connectivity index (χ1n) is 12.9. The molecule has 188 valence electrons. The van der Waals surface area contributed by atoms with Crippen LogP contribution in [0.3, 0.4) is 0 Å². The fraction of sp³-hybridized carbons (Fsp3) is 0.367. The third-order valence-electron chi connectivity index (χ3n) is 7.89. The number of aromatic nitrogens is 3. The van der Waals surface area contributed by atoms with Gasteiger partial charge in [0.25, 0.3) is 0 Å². The highest BCUT2D eigenvalue weighted by Crippen LogP contribution is 2.40. The van der Waals surface area contributed by atoms with Gasteiger partial charge in [0, 0.05) is 28.1 Å². The molecule has 2 aromatic heterocycles. The molecule has 0 radical (unpaired) electrons. The summed E-state index contributed by atoms with van der Waals surface area (Å²) in [6.07, 6.45) is 11.9. The van der Waals surface area contributed by atoms with Crippen molar-refractivity contribution in [2.45, 2.75) is 51.0 Å². The molecule has 0 spiro atoms. The molecule has 2 aliphatic heterocycles. The van der Waals surface area contributed by atoms with Crippen LogP contribution in [0.4, 0.5) is 4.39 Å². The topological polar surface area (TPSA) is 71.4 Å². The van der Waals surface area contributed by atoms with E-state index in [1.165, 1.54) is 18.9 Å². The Bertz CT molecular complexity index is 1570. The van der Waals surface area contributed by atoms with E-state index in [1.54, 1.807) is 18.3 Å². The van der Waals surface area contributed by atoms with Crippen molar-refractivity contribution in [3.05, 3.63) is 53.6 Å². The van der Waals surface area contributed by atoms with E-state index in [0.717, 1.165) is 25.9 Å². The zero-order valence-corrected chi connectivity index (χ0v) is 21.1. The maximum absolute atomic E-state index is 16.3. The summed E-state index contributed by atoms with van der Waals surface area (Å²) in [7, 11) is 0. The predicted octanol–water partition coefficient (Wildman–Crippen LogP) is 5.80. The molecule has 4 aromatic rings. The zero-order valence-electron chi connectivity index (χ0n) is 21.1. The molecular formula is C30H29FN4O2. The molecule has 0 unspecified atom stereocenters. The standard InChI is InChI=1S/C30H29FN4O2/c1-4-19-8-5-9-20-14-21(36)15-22(24(19)20)27-25(31)28-23(16-32-27)26(18(2)3)33-29(34-28)37-17-30-10-6-12-35(30)13-7-11-30/h1,5,8-9,14-16,18,36H,6-7,10-13,17H2,2-3H3. The molecular weight excluding hydrogens is 467 g/mol. The smallest absolute Gasteiger partial charge is 0.317 e. The van der Waals surface area contributed by atoms with Gasteiger partial charge in [-0.05, 0) is 68.3 Å². The Morgan fingerprint density at radius 3 is 2.70 bits per heavy atom. The van der Waals surface area contributed by atoms with E-state index in [9.17, 15) is 5.11 Å². The number of phenols is 1. The average Bonchev–Trinajstić information content (AvgIpc) is 3.47. The first kappa shape index (κ1) is 23.6. The highest BCUT2D eigenvalue weighted by atomic mass is 19.1. The van der Waals surface area contributed by atoms with Crippen LogP contribution in [-0.4, -0.2) is 50.2 Å². The summed E-state index contributed by atoms with van der Waals surface area (Å²) in [5, 5.41) is 12.3. The number of ether oxygens (including phenoxy) is 1. The maximum atomic E-state index is 16.3. The number of benzene rings is 2. The highest BCUT2D eigenvalue weighted by molar-refractivity contribution is 6.02. The highest BCUT2D eigenvalue weighted by Gasteiger charge is 2.45. The minimum Gasteiger partial charge on any atom is -0.508 e. The van der Waals surface area contributed by atoms with Crippen LogP contribution in [0.5, 0.6) is 11.8 Å². The zero-order chi connectivity index (χ0) is 25.7. The van der Waals surface area contributed by atoms with Gasteiger partial charge in [-0.25, -0.2) is 4.39 Å². The molecule has 6 rings (SSSR count). The van der Waals surface area contributed by atoms with Gasteiger partial charge in [0.05, 0.1) is 11.2 Å². The normalized spacial score (nSPS) is 16.9. The summed E-state index contributed by atoms with van der Waals surface area (Å²) >= 11 is 0. The summed E-state index contributed by atoms with van der Waals surface area (Å²) in [5.74, 6) is 2.10. The van der Waals surface area contributed by atoms with Crippen LogP contribution >= 0.6 is 0 Å². The van der Waals surface area contributed by atoms with Gasteiger partial charge < -0.3 is 9.84 Å². The number of nitrogens with zero attached hydrogens (tertiary/aromatic N) is 4. The van der Waals surface area contributed by atoms with Gasteiger partial charge >= 0.3 is 6.01 Å². The summed E-state index contributed by atoms with van der Waals surface area (Å²) in [5.41, 5.74) is 1.97. The van der Waals surface area contributed by atoms with Crippen molar-refractivity contribution in [1.29, 1.82) is 0 Å². The third kappa shape index (κ3) is 3.87. The van der Waals surface area contributed by atoms with Gasteiger partial charge in [0.1, 0.15) is 23.6 Å². The lowest BCUT2D eigenvalue weighted by Gasteiger charge is -2.31. The number of aromatic hydroxyl groups is 1. The molecule has 6 nitrogen and oxygen atoms in total. The van der Waals surface area contributed by atoms with Crippen LogP contribution in [-0.2, 0) is 0 Å². The van der Waals surface area contributed by atoms with E-state index in [-0.39, 0.29) is 34.4 Å².